The highest BCUT2D eigenvalue weighted by Gasteiger charge is 2.10. The van der Waals surface area contributed by atoms with Crippen LogP contribution in [0.1, 0.15) is 18.1 Å². The number of aryl methyl sites for hydroxylation is 1. The fraction of sp³-hybridized carbons (Fsp3) is 0.263. The summed E-state index contributed by atoms with van der Waals surface area (Å²) in [5.74, 6) is 1.73. The van der Waals surface area contributed by atoms with E-state index in [2.05, 4.69) is 17.5 Å². The molecule has 1 heterocycles. The molecule has 0 fully saturated rings. The molecule has 0 saturated carbocycles. The zero-order valence-corrected chi connectivity index (χ0v) is 14.0. The molecule has 0 radical (unpaired) electrons. The number of hydrazone groups is 1. The van der Waals surface area contributed by atoms with E-state index in [1.54, 1.807) is 6.21 Å². The molecule has 3 rings (SSSR count). The molecular formula is C19H20N2O4. The molecule has 1 aliphatic rings. The Morgan fingerprint density at radius 1 is 1.16 bits per heavy atom. The van der Waals surface area contributed by atoms with Gasteiger partial charge in [0.2, 0.25) is 0 Å². The molecule has 2 aromatic rings. The molecule has 0 aromatic heterocycles. The Morgan fingerprint density at radius 3 is 2.68 bits per heavy atom. The summed E-state index contributed by atoms with van der Waals surface area (Å²) in [6, 6.07) is 13.1. The summed E-state index contributed by atoms with van der Waals surface area (Å²) in [5.41, 5.74) is 4.47. The third-order valence-electron chi connectivity index (χ3n) is 3.67. The average molecular weight is 340 g/mol. The molecule has 1 amide bonds. The van der Waals surface area contributed by atoms with Crippen molar-refractivity contribution < 1.29 is 19.0 Å². The second kappa shape index (κ2) is 8.19. The lowest BCUT2D eigenvalue weighted by Gasteiger charge is -2.18. The molecule has 0 saturated heterocycles. The fourth-order valence-corrected chi connectivity index (χ4v) is 2.32. The molecule has 0 aliphatic carbocycles. The summed E-state index contributed by atoms with van der Waals surface area (Å²) in [6.07, 6.45) is 2.52. The van der Waals surface area contributed by atoms with Crippen LogP contribution in [-0.2, 0) is 11.2 Å². The predicted molar refractivity (Wildman–Crippen MR) is 94.5 cm³/mol. The van der Waals surface area contributed by atoms with Crippen molar-refractivity contribution in [2.75, 3.05) is 19.8 Å². The van der Waals surface area contributed by atoms with E-state index >= 15 is 0 Å². The fourth-order valence-electron chi connectivity index (χ4n) is 2.32. The van der Waals surface area contributed by atoms with Gasteiger partial charge in [-0.1, -0.05) is 19.1 Å². The topological polar surface area (TPSA) is 69.2 Å². The van der Waals surface area contributed by atoms with E-state index < -0.39 is 0 Å². The van der Waals surface area contributed by atoms with E-state index in [1.165, 1.54) is 5.56 Å². The van der Waals surface area contributed by atoms with Crippen molar-refractivity contribution in [3.63, 3.8) is 0 Å². The van der Waals surface area contributed by atoms with E-state index in [4.69, 9.17) is 14.2 Å². The van der Waals surface area contributed by atoms with Crippen LogP contribution in [-0.4, -0.2) is 31.9 Å². The van der Waals surface area contributed by atoms with Crippen LogP contribution < -0.4 is 19.6 Å². The molecule has 6 heteroatoms. The summed E-state index contributed by atoms with van der Waals surface area (Å²) in [5, 5.41) is 3.93. The van der Waals surface area contributed by atoms with Crippen LogP contribution >= 0.6 is 0 Å². The standard InChI is InChI=1S/C19H20N2O4/c1-2-14-3-6-16(7-4-14)25-13-19(22)21-20-12-15-5-8-17-18(11-15)24-10-9-23-17/h3-8,11-12H,2,9-10,13H2,1H3,(H,21,22). The number of carbonyl (C=O) groups excluding carboxylic acids is 1. The van der Waals surface area contributed by atoms with Crippen molar-refractivity contribution in [3.8, 4) is 17.2 Å². The third kappa shape index (κ3) is 4.73. The van der Waals surface area contributed by atoms with Crippen molar-refractivity contribution >= 4 is 12.1 Å². The number of nitrogens with one attached hydrogen (secondary N) is 1. The normalized spacial score (nSPS) is 12.8. The quantitative estimate of drug-likeness (QED) is 0.648. The molecule has 1 N–H and O–H groups in total. The van der Waals surface area contributed by atoms with Gasteiger partial charge in [-0.05, 0) is 47.9 Å². The molecular weight excluding hydrogens is 320 g/mol. The van der Waals surface area contributed by atoms with Crippen LogP contribution in [0.3, 0.4) is 0 Å². The van der Waals surface area contributed by atoms with E-state index in [0.717, 1.165) is 17.7 Å². The highest BCUT2D eigenvalue weighted by molar-refractivity contribution is 5.83. The van der Waals surface area contributed by atoms with Crippen LogP contribution in [0.5, 0.6) is 17.2 Å². The van der Waals surface area contributed by atoms with Gasteiger partial charge in [0.15, 0.2) is 18.1 Å². The van der Waals surface area contributed by atoms with Crippen molar-refractivity contribution in [2.45, 2.75) is 13.3 Å². The molecule has 0 spiro atoms. The first-order chi connectivity index (χ1) is 12.2. The average Bonchev–Trinajstić information content (AvgIpc) is 2.66. The summed E-state index contributed by atoms with van der Waals surface area (Å²) in [4.78, 5) is 11.8. The first-order valence-corrected chi connectivity index (χ1v) is 8.18. The van der Waals surface area contributed by atoms with Crippen LogP contribution in [0.25, 0.3) is 0 Å². The Morgan fingerprint density at radius 2 is 1.92 bits per heavy atom. The first-order valence-electron chi connectivity index (χ1n) is 8.18. The number of carbonyl (C=O) groups is 1. The molecule has 6 nitrogen and oxygen atoms in total. The Labute approximate surface area is 146 Å². The van der Waals surface area contributed by atoms with Crippen LogP contribution in [0.4, 0.5) is 0 Å². The molecule has 0 bridgehead atoms. The van der Waals surface area contributed by atoms with Gasteiger partial charge >= 0.3 is 0 Å². The van der Waals surface area contributed by atoms with Crippen molar-refractivity contribution in [3.05, 3.63) is 53.6 Å². The minimum Gasteiger partial charge on any atom is -0.486 e. The van der Waals surface area contributed by atoms with Crippen molar-refractivity contribution in [2.24, 2.45) is 5.10 Å². The SMILES string of the molecule is CCc1ccc(OCC(=O)NN=Cc2ccc3c(c2)OCCO3)cc1. The number of fused-ring (bicyclic) bond motifs is 1. The number of benzene rings is 2. The Balaban J connectivity index is 1.47. The van der Waals surface area contributed by atoms with Gasteiger partial charge in [-0.15, -0.1) is 0 Å². The number of nitrogens with zero attached hydrogens (tertiary/aromatic N) is 1. The summed E-state index contributed by atoms with van der Waals surface area (Å²) >= 11 is 0. The summed E-state index contributed by atoms with van der Waals surface area (Å²) in [6.45, 7) is 3.07. The maximum atomic E-state index is 11.8. The van der Waals surface area contributed by atoms with Gasteiger partial charge in [0.25, 0.3) is 5.91 Å². The van der Waals surface area contributed by atoms with E-state index in [1.807, 2.05) is 42.5 Å². The zero-order valence-electron chi connectivity index (χ0n) is 14.0. The second-order valence-corrected chi connectivity index (χ2v) is 5.48. The zero-order chi connectivity index (χ0) is 17.5. The van der Waals surface area contributed by atoms with Gasteiger partial charge in [-0.2, -0.15) is 5.10 Å². The highest BCUT2D eigenvalue weighted by Crippen LogP contribution is 2.30. The number of hydrogen-bond acceptors (Lipinski definition) is 5. The smallest absolute Gasteiger partial charge is 0.277 e. The Kier molecular flexibility index (Phi) is 5.51. The number of amides is 1. The predicted octanol–water partition coefficient (Wildman–Crippen LogP) is 2.55. The van der Waals surface area contributed by atoms with Gasteiger partial charge in [-0.3, -0.25) is 4.79 Å². The maximum Gasteiger partial charge on any atom is 0.277 e. The Hall–Kier alpha value is -3.02. The lowest BCUT2D eigenvalue weighted by atomic mass is 10.2. The second-order valence-electron chi connectivity index (χ2n) is 5.48. The number of ether oxygens (including phenoxy) is 3. The molecule has 2 aromatic carbocycles. The van der Waals surface area contributed by atoms with Gasteiger partial charge in [0, 0.05) is 0 Å². The highest BCUT2D eigenvalue weighted by atomic mass is 16.6. The summed E-state index contributed by atoms with van der Waals surface area (Å²) < 4.78 is 16.4. The maximum absolute atomic E-state index is 11.8. The molecule has 0 atom stereocenters. The minimum absolute atomic E-state index is 0.0933. The van der Waals surface area contributed by atoms with E-state index in [0.29, 0.717) is 24.7 Å². The third-order valence-corrected chi connectivity index (χ3v) is 3.67. The Bertz CT molecular complexity index is 757. The molecule has 25 heavy (non-hydrogen) atoms. The summed E-state index contributed by atoms with van der Waals surface area (Å²) in [7, 11) is 0. The molecule has 0 unspecified atom stereocenters. The number of hydrogen-bond donors (Lipinski definition) is 1. The van der Waals surface area contributed by atoms with E-state index in [-0.39, 0.29) is 12.5 Å². The lowest BCUT2D eigenvalue weighted by molar-refractivity contribution is -0.123. The van der Waals surface area contributed by atoms with Crippen molar-refractivity contribution in [1.29, 1.82) is 0 Å². The number of rotatable bonds is 6. The van der Waals surface area contributed by atoms with Gasteiger partial charge < -0.3 is 14.2 Å². The van der Waals surface area contributed by atoms with E-state index in [9.17, 15) is 4.79 Å². The monoisotopic (exact) mass is 340 g/mol. The lowest BCUT2D eigenvalue weighted by Crippen LogP contribution is -2.24. The van der Waals surface area contributed by atoms with Gasteiger partial charge in [0.05, 0.1) is 6.21 Å². The van der Waals surface area contributed by atoms with Gasteiger partial charge in [-0.25, -0.2) is 5.43 Å². The minimum atomic E-state index is -0.326. The first kappa shape index (κ1) is 16.8. The van der Waals surface area contributed by atoms with Crippen LogP contribution in [0.15, 0.2) is 47.6 Å². The van der Waals surface area contributed by atoms with Crippen LogP contribution in [0.2, 0.25) is 0 Å². The van der Waals surface area contributed by atoms with Crippen LogP contribution in [0, 0.1) is 0 Å². The largest absolute Gasteiger partial charge is 0.486 e. The van der Waals surface area contributed by atoms with Crippen molar-refractivity contribution in [1.82, 2.24) is 5.43 Å². The molecule has 1 aliphatic heterocycles. The van der Waals surface area contributed by atoms with Gasteiger partial charge in [0.1, 0.15) is 19.0 Å². The molecule has 130 valence electrons.